The zero-order chi connectivity index (χ0) is 15.1. The van der Waals surface area contributed by atoms with E-state index in [1.165, 1.54) is 0 Å². The van der Waals surface area contributed by atoms with Crippen molar-refractivity contribution in [3.05, 3.63) is 58.3 Å². The summed E-state index contributed by atoms with van der Waals surface area (Å²) in [6.45, 7) is 0. The number of aromatic amines is 1. The Labute approximate surface area is 113 Å². The van der Waals surface area contributed by atoms with Gasteiger partial charge in [0.05, 0.1) is 17.1 Å². The van der Waals surface area contributed by atoms with E-state index >= 15 is 0 Å². The molecule has 0 unspecified atom stereocenters. The van der Waals surface area contributed by atoms with Crippen LogP contribution in [0.15, 0.2) is 42.6 Å². The number of hydrogen-bond donors (Lipinski definition) is 2. The number of rotatable bonds is 2. The number of carboxylic acid groups (broad SMARTS) is 1. The molecule has 0 aliphatic carbocycles. The number of nitro benzene ring substituents is 1. The lowest BCUT2D eigenvalue weighted by molar-refractivity contribution is -0.384. The molecule has 0 atom stereocenters. The van der Waals surface area contributed by atoms with E-state index in [9.17, 15) is 20.0 Å². The first-order valence-corrected chi connectivity index (χ1v) is 5.39. The number of nitrogens with two attached hydrogens (primary N) is 2. The van der Waals surface area contributed by atoms with Crippen molar-refractivity contribution in [1.29, 1.82) is 0 Å². The van der Waals surface area contributed by atoms with E-state index in [1.54, 1.807) is 18.3 Å². The maximum absolute atomic E-state index is 10.2. The molecule has 0 saturated heterocycles. The largest absolute Gasteiger partial charge is 0.545 e. The SMILES string of the molecule is Nc1ccc[nH+]c1N.O=C([O-])c1ccc([N+](=O)[O-])cc1. The zero-order valence-electron chi connectivity index (χ0n) is 10.3. The molecule has 0 radical (unpaired) electrons. The molecule has 1 aromatic carbocycles. The van der Waals surface area contributed by atoms with Crippen LogP contribution < -0.4 is 21.6 Å². The average molecular weight is 276 g/mol. The molecule has 0 aliphatic rings. The Bertz CT molecular complexity index is 559. The third kappa shape index (κ3) is 4.26. The van der Waals surface area contributed by atoms with Gasteiger partial charge in [-0.05, 0) is 29.8 Å². The number of aromatic carboxylic acids is 1. The van der Waals surface area contributed by atoms with Gasteiger partial charge in [0.2, 0.25) is 0 Å². The molecule has 0 fully saturated rings. The smallest absolute Gasteiger partial charge is 0.293 e. The maximum Gasteiger partial charge on any atom is 0.293 e. The predicted octanol–water partition coefficient (Wildman–Crippen LogP) is -0.377. The van der Waals surface area contributed by atoms with E-state index in [-0.39, 0.29) is 11.3 Å². The van der Waals surface area contributed by atoms with Crippen molar-refractivity contribution < 1.29 is 19.8 Å². The van der Waals surface area contributed by atoms with Crippen LogP contribution >= 0.6 is 0 Å². The summed E-state index contributed by atoms with van der Waals surface area (Å²) in [5, 5.41) is 20.3. The molecule has 5 N–H and O–H groups in total. The highest BCUT2D eigenvalue weighted by Gasteiger charge is 2.03. The monoisotopic (exact) mass is 276 g/mol. The van der Waals surface area contributed by atoms with Crippen molar-refractivity contribution in [2.45, 2.75) is 0 Å². The van der Waals surface area contributed by atoms with E-state index in [4.69, 9.17) is 11.5 Å². The molecule has 20 heavy (non-hydrogen) atoms. The molecule has 0 bridgehead atoms. The first-order chi connectivity index (χ1) is 9.41. The van der Waals surface area contributed by atoms with E-state index in [1.807, 2.05) is 0 Å². The number of non-ortho nitro benzene ring substituents is 1. The Morgan fingerprint density at radius 3 is 2.10 bits per heavy atom. The molecule has 0 amide bonds. The van der Waals surface area contributed by atoms with Crippen molar-refractivity contribution in [1.82, 2.24) is 0 Å². The topological polar surface area (TPSA) is 149 Å². The number of nitrogens with zero attached hydrogens (tertiary/aromatic N) is 1. The molecular formula is C12H12N4O4. The van der Waals surface area contributed by atoms with Crippen molar-refractivity contribution in [2.75, 3.05) is 11.5 Å². The van der Waals surface area contributed by atoms with Gasteiger partial charge in [0.25, 0.3) is 11.5 Å². The fourth-order valence-electron chi connectivity index (χ4n) is 1.18. The van der Waals surface area contributed by atoms with Gasteiger partial charge in [0, 0.05) is 12.1 Å². The van der Waals surface area contributed by atoms with Gasteiger partial charge < -0.3 is 15.6 Å². The van der Waals surface area contributed by atoms with Crippen molar-refractivity contribution in [3.8, 4) is 0 Å². The fourth-order valence-corrected chi connectivity index (χ4v) is 1.18. The number of anilines is 2. The van der Waals surface area contributed by atoms with Crippen LogP contribution in [0.1, 0.15) is 10.4 Å². The Morgan fingerprint density at radius 1 is 1.15 bits per heavy atom. The molecule has 8 nitrogen and oxygen atoms in total. The van der Waals surface area contributed by atoms with Crippen LogP contribution in [0.4, 0.5) is 17.2 Å². The van der Waals surface area contributed by atoms with Crippen LogP contribution in [-0.4, -0.2) is 10.9 Å². The van der Waals surface area contributed by atoms with E-state index in [0.29, 0.717) is 11.5 Å². The summed E-state index contributed by atoms with van der Waals surface area (Å²) in [6, 6.07) is 8.04. The summed E-state index contributed by atoms with van der Waals surface area (Å²) >= 11 is 0. The van der Waals surface area contributed by atoms with Gasteiger partial charge in [-0.1, -0.05) is 0 Å². The van der Waals surface area contributed by atoms with Gasteiger partial charge in [-0.2, -0.15) is 0 Å². The number of nitro groups is 1. The van der Waals surface area contributed by atoms with Gasteiger partial charge in [-0.3, -0.25) is 15.8 Å². The molecule has 8 heteroatoms. The second kappa shape index (κ2) is 6.69. The van der Waals surface area contributed by atoms with Crippen molar-refractivity contribution >= 4 is 23.2 Å². The third-order valence-electron chi connectivity index (χ3n) is 2.24. The zero-order valence-corrected chi connectivity index (χ0v) is 10.3. The molecule has 0 saturated carbocycles. The Balaban J connectivity index is 0.000000217. The van der Waals surface area contributed by atoms with Crippen molar-refractivity contribution in [2.24, 2.45) is 0 Å². The highest BCUT2D eigenvalue weighted by Crippen LogP contribution is 2.10. The molecule has 1 heterocycles. The Hall–Kier alpha value is -3.16. The quantitative estimate of drug-likeness (QED) is 0.564. The summed E-state index contributed by atoms with van der Waals surface area (Å²) in [5.74, 6) is -0.822. The number of benzene rings is 1. The molecular weight excluding hydrogens is 264 g/mol. The summed E-state index contributed by atoms with van der Waals surface area (Å²) in [5.41, 5.74) is 11.1. The lowest BCUT2D eigenvalue weighted by atomic mass is 10.2. The molecule has 104 valence electrons. The summed E-state index contributed by atoms with van der Waals surface area (Å²) in [7, 11) is 0. The number of pyridine rings is 1. The standard InChI is InChI=1S/C7H5NO4.C5H7N3/c9-7(10)5-1-3-6(4-2-5)8(11)12;6-4-2-1-3-8-5(4)7/h1-4H,(H,9,10);1-3H,6H2,(H2,7,8). The van der Waals surface area contributed by atoms with Crippen LogP contribution in [-0.2, 0) is 0 Å². The second-order valence-electron chi connectivity index (χ2n) is 3.63. The normalized spacial score (nSPS) is 9.20. The van der Waals surface area contributed by atoms with E-state index in [0.717, 1.165) is 24.3 Å². The average Bonchev–Trinajstić information content (AvgIpc) is 2.43. The maximum atomic E-state index is 10.2. The number of carbonyl (C=O) groups is 1. The minimum atomic E-state index is -1.34. The van der Waals surface area contributed by atoms with Crippen molar-refractivity contribution in [3.63, 3.8) is 0 Å². The number of hydrogen-bond acceptors (Lipinski definition) is 6. The van der Waals surface area contributed by atoms with Gasteiger partial charge in [-0.15, -0.1) is 0 Å². The summed E-state index contributed by atoms with van der Waals surface area (Å²) in [6.07, 6.45) is 1.73. The van der Waals surface area contributed by atoms with Crippen LogP contribution in [0.3, 0.4) is 0 Å². The molecule has 1 aromatic heterocycles. The van der Waals surface area contributed by atoms with Crippen LogP contribution in [0, 0.1) is 10.1 Å². The molecule has 0 spiro atoms. The molecule has 2 aromatic rings. The fraction of sp³-hybridized carbons (Fsp3) is 0. The minimum Gasteiger partial charge on any atom is -0.545 e. The number of nitrogen functional groups attached to an aromatic ring is 2. The number of H-pyrrole nitrogens is 1. The van der Waals surface area contributed by atoms with Gasteiger partial charge in [0.1, 0.15) is 5.69 Å². The summed E-state index contributed by atoms with van der Waals surface area (Å²) < 4.78 is 0. The highest BCUT2D eigenvalue weighted by molar-refractivity contribution is 5.85. The summed E-state index contributed by atoms with van der Waals surface area (Å²) in [4.78, 5) is 22.5. The molecule has 0 aliphatic heterocycles. The van der Waals surface area contributed by atoms with Crippen LogP contribution in [0.2, 0.25) is 0 Å². The lowest BCUT2D eigenvalue weighted by Gasteiger charge is -1.99. The predicted molar refractivity (Wildman–Crippen MR) is 69.2 cm³/mol. The number of carboxylic acids is 1. The number of aromatic nitrogens is 1. The number of carbonyl (C=O) groups excluding carboxylic acids is 1. The van der Waals surface area contributed by atoms with Gasteiger partial charge in [0.15, 0.2) is 0 Å². The van der Waals surface area contributed by atoms with E-state index < -0.39 is 10.9 Å². The molecule has 2 rings (SSSR count). The highest BCUT2D eigenvalue weighted by atomic mass is 16.6. The first kappa shape index (κ1) is 14.9. The van der Waals surface area contributed by atoms with E-state index in [2.05, 4.69) is 4.98 Å². The Kier molecular flexibility index (Phi) is 4.98. The Morgan fingerprint density at radius 2 is 1.75 bits per heavy atom. The van der Waals surface area contributed by atoms with Crippen LogP contribution in [0.5, 0.6) is 0 Å². The first-order valence-electron chi connectivity index (χ1n) is 5.39. The van der Waals surface area contributed by atoms with Gasteiger partial charge >= 0.3 is 0 Å². The van der Waals surface area contributed by atoms with Gasteiger partial charge in [-0.25, -0.2) is 4.98 Å². The van der Waals surface area contributed by atoms with Crippen LogP contribution in [0.25, 0.3) is 0 Å². The minimum absolute atomic E-state index is 0.0689. The lowest BCUT2D eigenvalue weighted by Crippen LogP contribution is -2.21. The second-order valence-corrected chi connectivity index (χ2v) is 3.63. The third-order valence-corrected chi connectivity index (χ3v) is 2.24. The number of nitrogens with one attached hydrogen (secondary N) is 1.